The van der Waals surface area contributed by atoms with Crippen LogP contribution in [0.1, 0.15) is 51.4 Å². The van der Waals surface area contributed by atoms with Crippen LogP contribution >= 0.6 is 0 Å². The van der Waals surface area contributed by atoms with Crippen molar-refractivity contribution in [3.8, 4) is 22.6 Å². The lowest BCUT2D eigenvalue weighted by Gasteiger charge is -2.27. The smallest absolute Gasteiger partial charge is 0.159 e. The number of anilines is 2. The van der Waals surface area contributed by atoms with Crippen LogP contribution in [-0.2, 0) is 0 Å². The predicted molar refractivity (Wildman–Crippen MR) is 154 cm³/mol. The topological polar surface area (TPSA) is 119 Å². The molecular formula is C30H33FN8O. The van der Waals surface area contributed by atoms with Crippen LogP contribution < -0.4 is 10.2 Å². The third kappa shape index (κ3) is 4.56. The Morgan fingerprint density at radius 1 is 1.00 bits per heavy atom. The molecule has 0 bridgehead atoms. The third-order valence-corrected chi connectivity index (χ3v) is 8.39. The number of piperidine rings is 1. The summed E-state index contributed by atoms with van der Waals surface area (Å²) in [6, 6.07) is 7.28. The van der Waals surface area contributed by atoms with E-state index in [9.17, 15) is 5.11 Å². The minimum Gasteiger partial charge on any atom is -0.374 e. The molecule has 10 heteroatoms. The fourth-order valence-corrected chi connectivity index (χ4v) is 6.24. The highest BCUT2D eigenvalue weighted by atomic mass is 19.1. The van der Waals surface area contributed by atoms with Crippen molar-refractivity contribution in [1.82, 2.24) is 30.1 Å². The van der Waals surface area contributed by atoms with Gasteiger partial charge < -0.3 is 20.3 Å². The van der Waals surface area contributed by atoms with Crippen LogP contribution in [-0.4, -0.2) is 54.6 Å². The number of rotatable bonds is 6. The lowest BCUT2D eigenvalue weighted by molar-refractivity contribution is 0.109. The number of hydrogen-bond donors (Lipinski definition) is 4. The van der Waals surface area contributed by atoms with Gasteiger partial charge in [-0.15, -0.1) is 0 Å². The highest BCUT2D eigenvalue weighted by molar-refractivity contribution is 5.97. The molecule has 0 amide bonds. The molecule has 5 heterocycles. The Hall–Kier alpha value is -4.05. The second-order valence-corrected chi connectivity index (χ2v) is 11.0. The van der Waals surface area contributed by atoms with E-state index in [1.165, 1.54) is 12.8 Å². The van der Waals surface area contributed by atoms with Gasteiger partial charge in [0.2, 0.25) is 0 Å². The molecule has 1 saturated heterocycles. The van der Waals surface area contributed by atoms with E-state index in [1.807, 2.05) is 18.2 Å². The van der Waals surface area contributed by atoms with E-state index >= 15 is 4.39 Å². The molecule has 2 fully saturated rings. The molecule has 206 valence electrons. The zero-order chi connectivity index (χ0) is 27.1. The molecule has 7 rings (SSSR count). The zero-order valence-electron chi connectivity index (χ0n) is 22.3. The number of nitrogens with one attached hydrogen (secondary N) is 3. The normalized spacial score (nSPS) is 17.5. The summed E-state index contributed by atoms with van der Waals surface area (Å²) in [4.78, 5) is 19.4. The van der Waals surface area contributed by atoms with Crippen LogP contribution in [0.4, 0.5) is 15.9 Å². The summed E-state index contributed by atoms with van der Waals surface area (Å²) in [5.74, 6) is 1.16. The highest BCUT2D eigenvalue weighted by Gasteiger charge is 2.24. The Labute approximate surface area is 231 Å². The van der Waals surface area contributed by atoms with Gasteiger partial charge in [0.15, 0.2) is 11.6 Å². The van der Waals surface area contributed by atoms with Crippen molar-refractivity contribution in [2.75, 3.05) is 23.3 Å². The highest BCUT2D eigenvalue weighted by Crippen LogP contribution is 2.36. The SMILES string of the molecule is OC(Nc1cncc(-c2ccc3[nH]nc(-c4nc5c(N6CCCCC6)nccc5[nH]4)c3c2F)c1)C1CCCCC1. The number of aliphatic hydroxyl groups excluding tert-OH is 1. The first-order chi connectivity index (χ1) is 19.7. The van der Waals surface area contributed by atoms with E-state index in [4.69, 9.17) is 4.98 Å². The van der Waals surface area contributed by atoms with Crippen molar-refractivity contribution in [3.05, 3.63) is 48.7 Å². The Morgan fingerprint density at radius 2 is 1.82 bits per heavy atom. The molecule has 1 unspecified atom stereocenters. The number of fused-ring (bicyclic) bond motifs is 2. The summed E-state index contributed by atoms with van der Waals surface area (Å²) in [5.41, 5.74) is 4.31. The van der Waals surface area contributed by atoms with E-state index in [-0.39, 0.29) is 5.92 Å². The van der Waals surface area contributed by atoms with Crippen LogP contribution in [0.3, 0.4) is 0 Å². The number of aromatic amines is 2. The quantitative estimate of drug-likeness (QED) is 0.195. The van der Waals surface area contributed by atoms with Crippen LogP contribution in [0.25, 0.3) is 44.6 Å². The van der Waals surface area contributed by atoms with E-state index in [0.717, 1.165) is 68.5 Å². The maximum atomic E-state index is 16.2. The number of H-pyrrole nitrogens is 2. The second kappa shape index (κ2) is 10.5. The minimum absolute atomic E-state index is 0.216. The summed E-state index contributed by atoms with van der Waals surface area (Å²) >= 11 is 0. The number of pyridine rings is 2. The first kappa shape index (κ1) is 25.0. The number of hydrogen-bond acceptors (Lipinski definition) is 7. The Kier molecular flexibility index (Phi) is 6.55. The zero-order valence-corrected chi connectivity index (χ0v) is 22.3. The molecule has 5 aromatic rings. The standard InChI is InChI=1S/C30H33FN8O/c31-25-21(19-15-20(17-32-16-19)34-30(40)18-7-3-1-4-8-18)9-10-22-24(25)27(38-37-22)28-35-23-11-12-33-29(26(23)36-28)39-13-5-2-6-14-39/h9-12,15-18,30,34,40H,1-8,13-14H2,(H,35,36)(H,37,38). The van der Waals surface area contributed by atoms with E-state index in [2.05, 4.69) is 35.4 Å². The fraction of sp³-hybridized carbons (Fsp3) is 0.400. The first-order valence-electron chi connectivity index (χ1n) is 14.3. The van der Waals surface area contributed by atoms with Gasteiger partial charge in [0.1, 0.15) is 23.3 Å². The maximum Gasteiger partial charge on any atom is 0.159 e. The molecule has 0 spiro atoms. The van der Waals surface area contributed by atoms with Gasteiger partial charge in [-0.1, -0.05) is 19.3 Å². The van der Waals surface area contributed by atoms with Gasteiger partial charge in [-0.3, -0.25) is 10.1 Å². The van der Waals surface area contributed by atoms with Gasteiger partial charge in [0.25, 0.3) is 0 Å². The lowest BCUT2D eigenvalue weighted by Crippen LogP contribution is -2.30. The van der Waals surface area contributed by atoms with E-state index < -0.39 is 12.0 Å². The largest absolute Gasteiger partial charge is 0.374 e. The number of imidazole rings is 1. The average Bonchev–Trinajstić information content (AvgIpc) is 3.63. The number of halogens is 1. The molecule has 9 nitrogen and oxygen atoms in total. The molecule has 4 N–H and O–H groups in total. The molecule has 1 aliphatic heterocycles. The third-order valence-electron chi connectivity index (χ3n) is 8.39. The summed E-state index contributed by atoms with van der Waals surface area (Å²) in [6.45, 7) is 1.91. The van der Waals surface area contributed by atoms with E-state index in [0.29, 0.717) is 39.2 Å². The van der Waals surface area contributed by atoms with Gasteiger partial charge in [-0.25, -0.2) is 14.4 Å². The van der Waals surface area contributed by atoms with Gasteiger partial charge >= 0.3 is 0 Å². The summed E-state index contributed by atoms with van der Waals surface area (Å²) in [5, 5.41) is 21.7. The predicted octanol–water partition coefficient (Wildman–Crippen LogP) is 6.00. The number of aromatic nitrogens is 6. The fourth-order valence-electron chi connectivity index (χ4n) is 6.24. The Morgan fingerprint density at radius 3 is 2.67 bits per heavy atom. The molecule has 4 aromatic heterocycles. The van der Waals surface area contributed by atoms with Crippen molar-refractivity contribution < 1.29 is 9.50 Å². The van der Waals surface area contributed by atoms with Gasteiger partial charge in [0, 0.05) is 42.5 Å². The molecule has 0 radical (unpaired) electrons. The summed E-state index contributed by atoms with van der Waals surface area (Å²) < 4.78 is 16.2. The molecule has 2 aliphatic rings. The number of aliphatic hydroxyl groups is 1. The van der Waals surface area contributed by atoms with Crippen LogP contribution in [0.15, 0.2) is 42.9 Å². The van der Waals surface area contributed by atoms with Crippen LogP contribution in [0.2, 0.25) is 0 Å². The second-order valence-electron chi connectivity index (χ2n) is 11.0. The van der Waals surface area contributed by atoms with Crippen molar-refractivity contribution in [1.29, 1.82) is 0 Å². The first-order valence-corrected chi connectivity index (χ1v) is 14.3. The van der Waals surface area contributed by atoms with Crippen molar-refractivity contribution >= 4 is 33.4 Å². The van der Waals surface area contributed by atoms with Gasteiger partial charge in [-0.2, -0.15) is 5.10 Å². The van der Waals surface area contributed by atoms with Crippen LogP contribution in [0.5, 0.6) is 0 Å². The Bertz CT molecular complexity index is 1650. The molecule has 1 saturated carbocycles. The van der Waals surface area contributed by atoms with Crippen molar-refractivity contribution in [2.45, 2.75) is 57.6 Å². The Balaban J connectivity index is 1.23. The summed E-state index contributed by atoms with van der Waals surface area (Å²) in [6.07, 6.45) is 13.5. The maximum absolute atomic E-state index is 16.2. The van der Waals surface area contributed by atoms with Crippen molar-refractivity contribution in [3.63, 3.8) is 0 Å². The van der Waals surface area contributed by atoms with E-state index in [1.54, 1.807) is 24.7 Å². The molecule has 1 aromatic carbocycles. The molecule has 1 aliphatic carbocycles. The van der Waals surface area contributed by atoms with Gasteiger partial charge in [-0.05, 0) is 56.4 Å². The summed E-state index contributed by atoms with van der Waals surface area (Å²) in [7, 11) is 0. The van der Waals surface area contributed by atoms with Crippen molar-refractivity contribution in [2.24, 2.45) is 5.92 Å². The van der Waals surface area contributed by atoms with Crippen LogP contribution in [0, 0.1) is 11.7 Å². The number of nitrogens with zero attached hydrogens (tertiary/aromatic N) is 5. The average molecular weight is 541 g/mol. The monoisotopic (exact) mass is 540 g/mol. The molecule has 1 atom stereocenters. The molecule has 40 heavy (non-hydrogen) atoms. The lowest BCUT2D eigenvalue weighted by atomic mass is 9.88. The number of benzene rings is 1. The molecular weight excluding hydrogens is 507 g/mol. The minimum atomic E-state index is -0.650. The van der Waals surface area contributed by atoms with Gasteiger partial charge in [0.05, 0.1) is 28.3 Å².